The average Bonchev–Trinajstić information content (AvgIpc) is 3.14. The first kappa shape index (κ1) is 11.6. The summed E-state index contributed by atoms with van der Waals surface area (Å²) in [5.41, 5.74) is 6.71. The molecule has 0 saturated heterocycles. The van der Waals surface area contributed by atoms with Crippen molar-refractivity contribution in [1.29, 1.82) is 5.41 Å². The molecule has 0 amide bonds. The summed E-state index contributed by atoms with van der Waals surface area (Å²) in [5, 5.41) is 7.29. The van der Waals surface area contributed by atoms with Crippen molar-refractivity contribution in [3.63, 3.8) is 0 Å². The normalized spacial score (nSPS) is 15.7. The van der Waals surface area contributed by atoms with Gasteiger partial charge in [-0.2, -0.15) is 4.98 Å². The van der Waals surface area contributed by atoms with Gasteiger partial charge in [-0.25, -0.2) is 4.98 Å². The molecule has 1 saturated carbocycles. The molecule has 1 aromatic rings. The number of nitrogens with one attached hydrogen (secondary N) is 1. The minimum atomic E-state index is 0.518. The van der Waals surface area contributed by atoms with Gasteiger partial charge < -0.3 is 15.9 Å². The third-order valence-electron chi connectivity index (χ3n) is 2.67. The van der Waals surface area contributed by atoms with Gasteiger partial charge in [0.25, 0.3) is 0 Å². The van der Waals surface area contributed by atoms with E-state index in [4.69, 9.17) is 15.9 Å². The van der Waals surface area contributed by atoms with Crippen molar-refractivity contribution >= 4 is 11.8 Å². The van der Waals surface area contributed by atoms with Crippen LogP contribution in [0.3, 0.4) is 0 Å². The molecule has 5 nitrogen and oxygen atoms in total. The molecule has 0 spiro atoms. The summed E-state index contributed by atoms with van der Waals surface area (Å²) in [4.78, 5) is 8.37. The maximum Gasteiger partial charge on any atom is 0.224 e. The van der Waals surface area contributed by atoms with Gasteiger partial charge in [-0.05, 0) is 25.7 Å². The summed E-state index contributed by atoms with van der Waals surface area (Å²) in [6.45, 7) is 2.49. The van der Waals surface area contributed by atoms with Crippen LogP contribution in [-0.2, 0) is 0 Å². The van der Waals surface area contributed by atoms with Crippen LogP contribution < -0.4 is 10.5 Å². The Hall–Kier alpha value is -1.91. The molecule has 0 aromatic carbocycles. The van der Waals surface area contributed by atoms with Crippen molar-refractivity contribution in [2.45, 2.75) is 19.8 Å². The fourth-order valence-electron chi connectivity index (χ4n) is 1.45. The van der Waals surface area contributed by atoms with Gasteiger partial charge in [-0.1, -0.05) is 0 Å². The summed E-state index contributed by atoms with van der Waals surface area (Å²) in [7, 11) is 0. The largest absolute Gasteiger partial charge is 0.477 e. The van der Waals surface area contributed by atoms with E-state index < -0.39 is 0 Å². The fourth-order valence-corrected chi connectivity index (χ4v) is 1.45. The van der Waals surface area contributed by atoms with Crippen LogP contribution in [0.2, 0.25) is 0 Å². The lowest BCUT2D eigenvalue weighted by Crippen LogP contribution is -2.06. The Bertz CT molecular complexity index is 452. The van der Waals surface area contributed by atoms with Crippen molar-refractivity contribution in [3.05, 3.63) is 23.8 Å². The summed E-state index contributed by atoms with van der Waals surface area (Å²) in [6, 6.07) is 0. The first-order chi connectivity index (χ1) is 8.24. The second-order valence-corrected chi connectivity index (χ2v) is 4.16. The van der Waals surface area contributed by atoms with Crippen LogP contribution in [0.25, 0.3) is 5.57 Å². The average molecular weight is 232 g/mol. The SMILES string of the molecule is Cc1ncc(/C(C=N)=C/N)c(OCC2CC2)n1. The molecule has 90 valence electrons. The molecule has 0 unspecified atom stereocenters. The number of hydrogen-bond acceptors (Lipinski definition) is 5. The van der Waals surface area contributed by atoms with E-state index in [9.17, 15) is 0 Å². The van der Waals surface area contributed by atoms with Crippen molar-refractivity contribution in [3.8, 4) is 5.88 Å². The quantitative estimate of drug-likeness (QED) is 0.754. The minimum Gasteiger partial charge on any atom is -0.477 e. The third kappa shape index (κ3) is 2.81. The second-order valence-electron chi connectivity index (χ2n) is 4.16. The van der Waals surface area contributed by atoms with E-state index in [1.54, 1.807) is 6.20 Å². The molecule has 2 rings (SSSR count). The van der Waals surface area contributed by atoms with Crippen molar-refractivity contribution in [2.75, 3.05) is 6.61 Å². The molecule has 1 aliphatic carbocycles. The van der Waals surface area contributed by atoms with Gasteiger partial charge in [-0.15, -0.1) is 0 Å². The van der Waals surface area contributed by atoms with Crippen molar-refractivity contribution in [1.82, 2.24) is 9.97 Å². The number of aromatic nitrogens is 2. The molecule has 1 aromatic heterocycles. The Morgan fingerprint density at radius 2 is 2.41 bits per heavy atom. The standard InChI is InChI=1S/C12H16N4O/c1-8-15-6-11(10(4-13)5-14)12(16-8)17-7-9-2-3-9/h4-6,9,13H,2-3,7,14H2,1H3/b10-5+,13-4?. The molecule has 0 bridgehead atoms. The maximum atomic E-state index is 7.29. The Balaban J connectivity index is 2.25. The summed E-state index contributed by atoms with van der Waals surface area (Å²) in [5.74, 6) is 1.83. The second kappa shape index (κ2) is 4.95. The molecule has 0 aliphatic heterocycles. The molecule has 1 fully saturated rings. The number of nitrogens with zero attached hydrogens (tertiary/aromatic N) is 2. The third-order valence-corrected chi connectivity index (χ3v) is 2.67. The molecule has 5 heteroatoms. The molecule has 0 atom stereocenters. The first-order valence-electron chi connectivity index (χ1n) is 5.63. The van der Waals surface area contributed by atoms with Crippen molar-refractivity contribution < 1.29 is 4.74 Å². The van der Waals surface area contributed by atoms with Crippen LogP contribution in [0.1, 0.15) is 24.2 Å². The zero-order valence-electron chi connectivity index (χ0n) is 9.81. The monoisotopic (exact) mass is 232 g/mol. The van der Waals surface area contributed by atoms with E-state index >= 15 is 0 Å². The van der Waals surface area contributed by atoms with E-state index in [1.165, 1.54) is 25.3 Å². The lowest BCUT2D eigenvalue weighted by molar-refractivity contribution is 0.286. The number of allylic oxidation sites excluding steroid dienone is 1. The van der Waals surface area contributed by atoms with E-state index in [-0.39, 0.29) is 0 Å². The van der Waals surface area contributed by atoms with Gasteiger partial charge in [0, 0.05) is 24.2 Å². The fraction of sp³-hybridized carbons (Fsp3) is 0.417. The highest BCUT2D eigenvalue weighted by molar-refractivity contribution is 6.08. The zero-order chi connectivity index (χ0) is 12.3. The van der Waals surface area contributed by atoms with Crippen LogP contribution in [0.5, 0.6) is 5.88 Å². The van der Waals surface area contributed by atoms with Gasteiger partial charge in [0.1, 0.15) is 5.82 Å². The summed E-state index contributed by atoms with van der Waals surface area (Å²) < 4.78 is 5.68. The lowest BCUT2D eigenvalue weighted by Gasteiger charge is -2.10. The molecule has 1 aliphatic rings. The van der Waals surface area contributed by atoms with Crippen LogP contribution in [-0.4, -0.2) is 22.8 Å². The van der Waals surface area contributed by atoms with Crippen LogP contribution in [0, 0.1) is 18.3 Å². The Kier molecular flexibility index (Phi) is 3.37. The number of aryl methyl sites for hydroxylation is 1. The molecule has 17 heavy (non-hydrogen) atoms. The highest BCUT2D eigenvalue weighted by Crippen LogP contribution is 2.30. The van der Waals surface area contributed by atoms with Crippen LogP contribution >= 0.6 is 0 Å². The number of ether oxygens (including phenoxy) is 1. The first-order valence-corrected chi connectivity index (χ1v) is 5.63. The molecular formula is C12H16N4O. The Morgan fingerprint density at radius 1 is 1.65 bits per heavy atom. The van der Waals surface area contributed by atoms with Gasteiger partial charge in [0.15, 0.2) is 0 Å². The van der Waals surface area contributed by atoms with Crippen LogP contribution in [0.4, 0.5) is 0 Å². The van der Waals surface area contributed by atoms with E-state index in [0.29, 0.717) is 35.4 Å². The summed E-state index contributed by atoms with van der Waals surface area (Å²) >= 11 is 0. The smallest absolute Gasteiger partial charge is 0.224 e. The molecule has 1 heterocycles. The van der Waals surface area contributed by atoms with Gasteiger partial charge in [0.05, 0.1) is 12.2 Å². The van der Waals surface area contributed by atoms with Gasteiger partial charge >= 0.3 is 0 Å². The molecule has 3 N–H and O–H groups in total. The number of hydrogen-bond donors (Lipinski definition) is 2. The minimum absolute atomic E-state index is 0.518. The highest BCUT2D eigenvalue weighted by atomic mass is 16.5. The van der Waals surface area contributed by atoms with E-state index in [0.717, 1.165) is 0 Å². The maximum absolute atomic E-state index is 7.29. The Labute approximate surface area is 100 Å². The molecule has 0 radical (unpaired) electrons. The van der Waals surface area contributed by atoms with E-state index in [2.05, 4.69) is 9.97 Å². The van der Waals surface area contributed by atoms with Crippen LogP contribution in [0.15, 0.2) is 12.4 Å². The lowest BCUT2D eigenvalue weighted by atomic mass is 10.1. The topological polar surface area (TPSA) is 84.9 Å². The summed E-state index contributed by atoms with van der Waals surface area (Å²) in [6.07, 6.45) is 6.64. The van der Waals surface area contributed by atoms with Gasteiger partial charge in [0.2, 0.25) is 5.88 Å². The Morgan fingerprint density at radius 3 is 3.00 bits per heavy atom. The van der Waals surface area contributed by atoms with Crippen molar-refractivity contribution in [2.24, 2.45) is 11.7 Å². The van der Waals surface area contributed by atoms with E-state index in [1.807, 2.05) is 6.92 Å². The van der Waals surface area contributed by atoms with Gasteiger partial charge in [-0.3, -0.25) is 0 Å². The predicted molar refractivity (Wildman–Crippen MR) is 65.9 cm³/mol. The zero-order valence-corrected chi connectivity index (χ0v) is 9.81. The number of nitrogens with two attached hydrogens (primary N) is 1. The predicted octanol–water partition coefficient (Wildman–Crippen LogP) is 1.52. The number of rotatable bonds is 5. The highest BCUT2D eigenvalue weighted by Gasteiger charge is 2.23. The molecular weight excluding hydrogens is 216 g/mol.